The minimum atomic E-state index is -0.0595. The molecule has 1 N–H and O–H groups in total. The maximum Gasteiger partial charge on any atom is 0.317 e. The Kier molecular flexibility index (Phi) is 7.72. The highest BCUT2D eigenvalue weighted by molar-refractivity contribution is 5.73. The van der Waals surface area contributed by atoms with Crippen molar-refractivity contribution in [2.24, 2.45) is 11.8 Å². The quantitative estimate of drug-likeness (QED) is 0.796. The molecule has 0 saturated carbocycles. The zero-order valence-corrected chi connectivity index (χ0v) is 15.2. The monoisotopic (exact) mass is 322 g/mol. The minimum absolute atomic E-state index is 0.0595. The molecule has 0 heterocycles. The number of urea groups is 1. The van der Waals surface area contributed by atoms with Crippen molar-refractivity contribution in [2.45, 2.75) is 33.7 Å². The molecule has 1 aromatic carbocycles. The molecule has 1 aromatic rings. The fourth-order valence-electron chi connectivity index (χ4n) is 2.14. The molecule has 0 radical (unpaired) electrons. The number of nitrogens with zero attached hydrogens (tertiary/aromatic N) is 1. The van der Waals surface area contributed by atoms with Gasteiger partial charge >= 0.3 is 6.03 Å². The van der Waals surface area contributed by atoms with E-state index in [1.165, 1.54) is 0 Å². The van der Waals surface area contributed by atoms with Crippen molar-refractivity contribution in [3.05, 3.63) is 23.8 Å². The molecule has 0 saturated heterocycles. The van der Waals surface area contributed by atoms with Gasteiger partial charge in [-0.15, -0.1) is 0 Å². The van der Waals surface area contributed by atoms with Crippen LogP contribution in [0.15, 0.2) is 18.2 Å². The molecule has 0 aromatic heterocycles. The second kappa shape index (κ2) is 9.28. The van der Waals surface area contributed by atoms with Gasteiger partial charge in [0.15, 0.2) is 11.5 Å². The van der Waals surface area contributed by atoms with Gasteiger partial charge in [0.1, 0.15) is 0 Å². The Morgan fingerprint density at radius 3 is 2.39 bits per heavy atom. The first-order valence-corrected chi connectivity index (χ1v) is 8.08. The van der Waals surface area contributed by atoms with Crippen molar-refractivity contribution in [3.63, 3.8) is 0 Å². The Morgan fingerprint density at radius 2 is 1.83 bits per heavy atom. The molecule has 0 fully saturated rings. The molecular formula is C18H30N2O3. The highest BCUT2D eigenvalue weighted by Crippen LogP contribution is 2.27. The molecule has 2 amide bonds. The van der Waals surface area contributed by atoms with Gasteiger partial charge < -0.3 is 19.7 Å². The van der Waals surface area contributed by atoms with Crippen molar-refractivity contribution in [1.29, 1.82) is 0 Å². The maximum absolute atomic E-state index is 12.1. The predicted octanol–water partition coefficient (Wildman–Crippen LogP) is 3.53. The van der Waals surface area contributed by atoms with E-state index in [0.717, 1.165) is 18.5 Å². The standard InChI is InChI=1S/C18H30N2O3/c1-13(2)14(3)9-10-20(4)18(21)19-12-15-7-8-16(22-5)17(11-15)23-6/h7-8,11,13-14H,9-10,12H2,1-6H3,(H,19,21). The number of nitrogens with one attached hydrogen (secondary N) is 1. The number of carbonyl (C=O) groups is 1. The second-order valence-corrected chi connectivity index (χ2v) is 6.28. The summed E-state index contributed by atoms with van der Waals surface area (Å²) in [4.78, 5) is 13.9. The SMILES string of the molecule is COc1ccc(CNC(=O)N(C)CCC(C)C(C)C)cc1OC. The first-order valence-electron chi connectivity index (χ1n) is 8.08. The summed E-state index contributed by atoms with van der Waals surface area (Å²) in [6.07, 6.45) is 1.01. The van der Waals surface area contributed by atoms with Crippen LogP contribution in [-0.2, 0) is 6.54 Å². The summed E-state index contributed by atoms with van der Waals surface area (Å²) in [6, 6.07) is 5.58. The van der Waals surface area contributed by atoms with Crippen molar-refractivity contribution in [2.75, 3.05) is 27.8 Å². The van der Waals surface area contributed by atoms with E-state index in [0.29, 0.717) is 29.9 Å². The number of hydrogen-bond acceptors (Lipinski definition) is 3. The van der Waals surface area contributed by atoms with E-state index in [1.54, 1.807) is 19.1 Å². The molecule has 130 valence electrons. The van der Waals surface area contributed by atoms with Crippen LogP contribution in [0.4, 0.5) is 4.79 Å². The fourth-order valence-corrected chi connectivity index (χ4v) is 2.14. The summed E-state index contributed by atoms with van der Waals surface area (Å²) in [6.45, 7) is 7.87. The number of amides is 2. The minimum Gasteiger partial charge on any atom is -0.493 e. The summed E-state index contributed by atoms with van der Waals surface area (Å²) < 4.78 is 10.5. The average Bonchev–Trinajstić information content (AvgIpc) is 2.56. The van der Waals surface area contributed by atoms with E-state index in [9.17, 15) is 4.79 Å². The van der Waals surface area contributed by atoms with Crippen molar-refractivity contribution >= 4 is 6.03 Å². The van der Waals surface area contributed by atoms with Crippen LogP contribution in [0.1, 0.15) is 32.8 Å². The number of benzene rings is 1. The lowest BCUT2D eigenvalue weighted by Crippen LogP contribution is -2.38. The van der Waals surface area contributed by atoms with E-state index in [4.69, 9.17) is 9.47 Å². The number of carbonyl (C=O) groups excluding carboxylic acids is 1. The van der Waals surface area contributed by atoms with Crippen LogP contribution < -0.4 is 14.8 Å². The maximum atomic E-state index is 12.1. The summed E-state index contributed by atoms with van der Waals surface area (Å²) in [7, 11) is 5.04. The van der Waals surface area contributed by atoms with Crippen LogP contribution in [-0.4, -0.2) is 38.7 Å². The Balaban J connectivity index is 2.49. The number of hydrogen-bond donors (Lipinski definition) is 1. The number of ether oxygens (including phenoxy) is 2. The highest BCUT2D eigenvalue weighted by Gasteiger charge is 2.12. The largest absolute Gasteiger partial charge is 0.493 e. The third kappa shape index (κ3) is 6.00. The molecule has 0 bridgehead atoms. The molecule has 5 nitrogen and oxygen atoms in total. The van der Waals surface area contributed by atoms with Gasteiger partial charge in [-0.1, -0.05) is 26.8 Å². The molecule has 0 aliphatic heterocycles. The number of rotatable bonds is 8. The van der Waals surface area contributed by atoms with Crippen LogP contribution in [0.25, 0.3) is 0 Å². The van der Waals surface area contributed by atoms with E-state index in [1.807, 2.05) is 25.2 Å². The Morgan fingerprint density at radius 1 is 1.17 bits per heavy atom. The lowest BCUT2D eigenvalue weighted by molar-refractivity contribution is 0.203. The van der Waals surface area contributed by atoms with Crippen LogP contribution in [0, 0.1) is 11.8 Å². The van der Waals surface area contributed by atoms with Crippen molar-refractivity contribution < 1.29 is 14.3 Å². The third-order valence-corrected chi connectivity index (χ3v) is 4.30. The molecule has 1 rings (SSSR count). The fraction of sp³-hybridized carbons (Fsp3) is 0.611. The molecule has 0 aliphatic carbocycles. The van der Waals surface area contributed by atoms with Gasteiger partial charge in [-0.25, -0.2) is 4.79 Å². The van der Waals surface area contributed by atoms with Gasteiger partial charge in [0.2, 0.25) is 0 Å². The molecule has 23 heavy (non-hydrogen) atoms. The van der Waals surface area contributed by atoms with Crippen LogP contribution in [0.2, 0.25) is 0 Å². The van der Waals surface area contributed by atoms with Crippen LogP contribution in [0.3, 0.4) is 0 Å². The van der Waals surface area contributed by atoms with E-state index in [2.05, 4.69) is 26.1 Å². The topological polar surface area (TPSA) is 50.8 Å². The van der Waals surface area contributed by atoms with Crippen LogP contribution in [0.5, 0.6) is 11.5 Å². The predicted molar refractivity (Wildman–Crippen MR) is 93.0 cm³/mol. The Hall–Kier alpha value is -1.91. The summed E-state index contributed by atoms with van der Waals surface area (Å²) in [5.74, 6) is 2.59. The molecule has 0 spiro atoms. The summed E-state index contributed by atoms with van der Waals surface area (Å²) in [5, 5.41) is 2.93. The van der Waals surface area contributed by atoms with E-state index < -0.39 is 0 Å². The number of methoxy groups -OCH3 is 2. The zero-order chi connectivity index (χ0) is 17.4. The lowest BCUT2D eigenvalue weighted by atomic mass is 9.95. The average molecular weight is 322 g/mol. The summed E-state index contributed by atoms with van der Waals surface area (Å²) in [5.41, 5.74) is 0.972. The first kappa shape index (κ1) is 19.1. The van der Waals surface area contributed by atoms with Gasteiger partial charge in [-0.2, -0.15) is 0 Å². The highest BCUT2D eigenvalue weighted by atomic mass is 16.5. The zero-order valence-electron chi connectivity index (χ0n) is 15.2. The molecule has 5 heteroatoms. The Bertz CT molecular complexity index is 503. The van der Waals surface area contributed by atoms with Gasteiger partial charge in [0.05, 0.1) is 14.2 Å². The molecule has 1 unspecified atom stereocenters. The van der Waals surface area contributed by atoms with E-state index in [-0.39, 0.29) is 6.03 Å². The lowest BCUT2D eigenvalue weighted by Gasteiger charge is -2.22. The van der Waals surface area contributed by atoms with Crippen molar-refractivity contribution in [3.8, 4) is 11.5 Å². The van der Waals surface area contributed by atoms with Gasteiger partial charge in [0.25, 0.3) is 0 Å². The molecular weight excluding hydrogens is 292 g/mol. The normalized spacial score (nSPS) is 12.0. The van der Waals surface area contributed by atoms with Crippen molar-refractivity contribution in [1.82, 2.24) is 10.2 Å². The van der Waals surface area contributed by atoms with E-state index >= 15 is 0 Å². The second-order valence-electron chi connectivity index (χ2n) is 6.28. The first-order chi connectivity index (χ1) is 10.9. The van der Waals surface area contributed by atoms with Crippen LogP contribution >= 0.6 is 0 Å². The smallest absolute Gasteiger partial charge is 0.317 e. The summed E-state index contributed by atoms with van der Waals surface area (Å²) >= 11 is 0. The van der Waals surface area contributed by atoms with Gasteiger partial charge in [-0.3, -0.25) is 0 Å². The van der Waals surface area contributed by atoms with Gasteiger partial charge in [0, 0.05) is 20.1 Å². The third-order valence-electron chi connectivity index (χ3n) is 4.30. The van der Waals surface area contributed by atoms with Gasteiger partial charge in [-0.05, 0) is 36.0 Å². The molecule has 0 aliphatic rings. The molecule has 1 atom stereocenters. The Labute approximate surface area is 140 Å².